The highest BCUT2D eigenvalue weighted by Gasteiger charge is 2.74. The SMILES string of the molecule is C[C@@]12/C=C\CCCCOC(=O)[C@@H]1[C@H]1C(=O)N(CCCO)C3C(=O)N(CCN4CCOCC4)CC=C[C@@]31O2. The number of aliphatic hydroxyl groups is 1. The molecule has 5 rings (SSSR count). The fourth-order valence-electron chi connectivity index (χ4n) is 6.61. The lowest BCUT2D eigenvalue weighted by molar-refractivity contribution is -0.160. The monoisotopic (exact) mass is 517 g/mol. The number of carbonyl (C=O) groups excluding carboxylic acids is 3. The highest BCUT2D eigenvalue weighted by molar-refractivity contribution is 5.99. The number of hydrogen-bond acceptors (Lipinski definition) is 8. The number of rotatable bonds is 6. The Morgan fingerprint density at radius 1 is 0.973 bits per heavy atom. The van der Waals surface area contributed by atoms with Gasteiger partial charge in [0.1, 0.15) is 17.6 Å². The van der Waals surface area contributed by atoms with Crippen LogP contribution in [0.15, 0.2) is 24.3 Å². The number of carbonyl (C=O) groups is 3. The first-order valence-corrected chi connectivity index (χ1v) is 13.6. The van der Waals surface area contributed by atoms with Crippen LogP contribution in [0.2, 0.25) is 0 Å². The van der Waals surface area contributed by atoms with Crippen molar-refractivity contribution in [2.75, 3.05) is 65.7 Å². The predicted molar refractivity (Wildman–Crippen MR) is 133 cm³/mol. The van der Waals surface area contributed by atoms with Gasteiger partial charge in [0.15, 0.2) is 0 Å². The Morgan fingerprint density at radius 3 is 2.57 bits per heavy atom. The van der Waals surface area contributed by atoms with Gasteiger partial charge in [-0.15, -0.1) is 0 Å². The zero-order chi connectivity index (χ0) is 26.0. The lowest BCUT2D eigenvalue weighted by atomic mass is 9.74. The Bertz CT molecular complexity index is 948. The quantitative estimate of drug-likeness (QED) is 0.397. The van der Waals surface area contributed by atoms with Gasteiger partial charge in [-0.1, -0.05) is 24.3 Å². The third-order valence-electron chi connectivity index (χ3n) is 8.43. The molecule has 3 fully saturated rings. The van der Waals surface area contributed by atoms with E-state index in [4.69, 9.17) is 14.2 Å². The second-order valence-electron chi connectivity index (χ2n) is 10.8. The van der Waals surface area contributed by atoms with Gasteiger partial charge in [0.05, 0.1) is 31.3 Å². The number of likely N-dealkylation sites (tertiary alicyclic amines) is 1. The van der Waals surface area contributed by atoms with E-state index < -0.39 is 35.0 Å². The van der Waals surface area contributed by atoms with Crippen LogP contribution in [-0.2, 0) is 28.6 Å². The Kier molecular flexibility index (Phi) is 7.72. The average Bonchev–Trinajstić information content (AvgIpc) is 3.22. The maximum absolute atomic E-state index is 14.2. The molecule has 0 saturated carbocycles. The minimum absolute atomic E-state index is 0.105. The van der Waals surface area contributed by atoms with Crippen molar-refractivity contribution < 1.29 is 33.7 Å². The van der Waals surface area contributed by atoms with Crippen molar-refractivity contribution in [2.45, 2.75) is 49.9 Å². The van der Waals surface area contributed by atoms with Crippen molar-refractivity contribution in [3.05, 3.63) is 24.3 Å². The third-order valence-corrected chi connectivity index (χ3v) is 8.43. The van der Waals surface area contributed by atoms with Crippen LogP contribution in [0.25, 0.3) is 0 Å². The van der Waals surface area contributed by atoms with E-state index >= 15 is 0 Å². The smallest absolute Gasteiger partial charge is 0.313 e. The van der Waals surface area contributed by atoms with Gasteiger partial charge >= 0.3 is 5.97 Å². The van der Waals surface area contributed by atoms with Gasteiger partial charge in [0, 0.05) is 45.9 Å². The standard InChI is InChI=1S/C27H39N3O7/c1-26-8-4-2-3-5-17-36-25(34)21(26)20-23(32)30(11-7-16-31)22-24(33)29(10-6-9-27(20,22)37-26)13-12-28-14-18-35-19-15-28/h4,6,8-9,20-22,31H,2-3,5,7,10-19H2,1H3/b8-4-/t20-,21-,22?,26+,27-/m0/s1. The average molecular weight is 518 g/mol. The van der Waals surface area contributed by atoms with Crippen LogP contribution >= 0.6 is 0 Å². The van der Waals surface area contributed by atoms with Gasteiger partial charge in [-0.3, -0.25) is 19.3 Å². The molecule has 37 heavy (non-hydrogen) atoms. The molecule has 204 valence electrons. The van der Waals surface area contributed by atoms with Crippen LogP contribution in [0.4, 0.5) is 0 Å². The molecule has 0 radical (unpaired) electrons. The number of morpholine rings is 1. The Labute approximate surface area is 218 Å². The Balaban J connectivity index is 1.50. The van der Waals surface area contributed by atoms with E-state index in [0.29, 0.717) is 45.9 Å². The van der Waals surface area contributed by atoms with E-state index in [1.165, 1.54) is 4.90 Å². The van der Waals surface area contributed by atoms with E-state index in [-0.39, 0.29) is 25.0 Å². The van der Waals surface area contributed by atoms with Gasteiger partial charge in [-0.05, 0) is 32.6 Å². The number of ether oxygens (including phenoxy) is 3. The molecule has 2 amide bonds. The molecule has 1 unspecified atom stereocenters. The summed E-state index contributed by atoms with van der Waals surface area (Å²) in [6, 6.07) is -0.907. The molecule has 0 aliphatic carbocycles. The van der Waals surface area contributed by atoms with Crippen molar-refractivity contribution in [1.82, 2.24) is 14.7 Å². The number of hydrogen-bond donors (Lipinski definition) is 1. The van der Waals surface area contributed by atoms with Gasteiger partial charge in [-0.2, -0.15) is 0 Å². The number of amides is 2. The van der Waals surface area contributed by atoms with Gasteiger partial charge < -0.3 is 29.1 Å². The van der Waals surface area contributed by atoms with Crippen molar-refractivity contribution in [2.24, 2.45) is 11.8 Å². The van der Waals surface area contributed by atoms with Crippen LogP contribution in [0.5, 0.6) is 0 Å². The normalized spacial score (nSPS) is 37.6. The minimum Gasteiger partial charge on any atom is -0.465 e. The lowest BCUT2D eigenvalue weighted by Crippen LogP contribution is -2.56. The zero-order valence-corrected chi connectivity index (χ0v) is 21.7. The highest BCUT2D eigenvalue weighted by atomic mass is 16.6. The summed E-state index contributed by atoms with van der Waals surface area (Å²) in [6.45, 7) is 6.89. The number of nitrogens with zero attached hydrogens (tertiary/aromatic N) is 3. The molecule has 5 heterocycles. The number of esters is 1. The van der Waals surface area contributed by atoms with Gasteiger partial charge in [0.2, 0.25) is 11.8 Å². The Hall–Kier alpha value is -2.27. The van der Waals surface area contributed by atoms with Crippen LogP contribution in [0, 0.1) is 11.8 Å². The Morgan fingerprint density at radius 2 is 1.78 bits per heavy atom. The van der Waals surface area contributed by atoms with E-state index in [1.54, 1.807) is 4.90 Å². The largest absolute Gasteiger partial charge is 0.465 e. The summed E-state index contributed by atoms with van der Waals surface area (Å²) < 4.78 is 17.8. The number of aliphatic hydroxyl groups excluding tert-OH is 1. The summed E-state index contributed by atoms with van der Waals surface area (Å²) in [5, 5.41) is 9.53. The topological polar surface area (TPSA) is 109 Å². The molecule has 5 aliphatic heterocycles. The van der Waals surface area contributed by atoms with Crippen molar-refractivity contribution in [1.29, 1.82) is 0 Å². The van der Waals surface area contributed by atoms with Crippen LogP contribution < -0.4 is 0 Å². The summed E-state index contributed by atoms with van der Waals surface area (Å²) in [5.74, 6) is -2.67. The van der Waals surface area contributed by atoms with E-state index in [0.717, 1.165) is 32.4 Å². The van der Waals surface area contributed by atoms with Crippen molar-refractivity contribution in [3.8, 4) is 0 Å². The highest BCUT2D eigenvalue weighted by Crippen LogP contribution is 2.57. The molecule has 5 atom stereocenters. The molecule has 0 bridgehead atoms. The fraction of sp³-hybridized carbons (Fsp3) is 0.741. The first kappa shape index (κ1) is 26.3. The van der Waals surface area contributed by atoms with Gasteiger partial charge in [-0.25, -0.2) is 0 Å². The summed E-state index contributed by atoms with van der Waals surface area (Å²) in [6.07, 6.45) is 10.5. The number of allylic oxidation sites excluding steroid dienone is 1. The van der Waals surface area contributed by atoms with Crippen molar-refractivity contribution >= 4 is 17.8 Å². The summed E-state index contributed by atoms with van der Waals surface area (Å²) >= 11 is 0. The number of fused-ring (bicyclic) bond motifs is 2. The molecule has 0 aromatic rings. The second kappa shape index (κ2) is 10.8. The van der Waals surface area contributed by atoms with E-state index in [1.807, 2.05) is 31.2 Å². The molecular weight excluding hydrogens is 478 g/mol. The minimum atomic E-state index is -1.28. The van der Waals surface area contributed by atoms with E-state index in [2.05, 4.69) is 4.90 Å². The summed E-state index contributed by atoms with van der Waals surface area (Å²) in [5.41, 5.74) is -2.36. The summed E-state index contributed by atoms with van der Waals surface area (Å²) in [4.78, 5) is 47.2. The van der Waals surface area contributed by atoms with Crippen molar-refractivity contribution in [3.63, 3.8) is 0 Å². The maximum atomic E-state index is 14.2. The zero-order valence-electron chi connectivity index (χ0n) is 21.7. The number of cyclic esters (lactones) is 1. The first-order valence-electron chi connectivity index (χ1n) is 13.6. The lowest BCUT2D eigenvalue weighted by Gasteiger charge is -2.38. The summed E-state index contributed by atoms with van der Waals surface area (Å²) in [7, 11) is 0. The molecule has 10 heteroatoms. The predicted octanol–water partition coefficient (Wildman–Crippen LogP) is 0.354. The molecule has 1 spiro atoms. The molecule has 0 aromatic carbocycles. The van der Waals surface area contributed by atoms with Crippen LogP contribution in [-0.4, -0.2) is 121 Å². The second-order valence-corrected chi connectivity index (χ2v) is 10.8. The third kappa shape index (κ3) is 4.73. The first-order chi connectivity index (χ1) is 17.9. The van der Waals surface area contributed by atoms with E-state index in [9.17, 15) is 19.5 Å². The molecule has 5 aliphatic rings. The van der Waals surface area contributed by atoms with Crippen LogP contribution in [0.1, 0.15) is 32.6 Å². The molecule has 3 saturated heterocycles. The van der Waals surface area contributed by atoms with Crippen LogP contribution in [0.3, 0.4) is 0 Å². The molecule has 1 N–H and O–H groups in total. The van der Waals surface area contributed by atoms with Gasteiger partial charge in [0.25, 0.3) is 0 Å². The molecular formula is C27H39N3O7. The fourth-order valence-corrected chi connectivity index (χ4v) is 6.61. The maximum Gasteiger partial charge on any atom is 0.313 e. The molecule has 10 nitrogen and oxygen atoms in total. The molecule has 0 aromatic heterocycles.